The molecule has 0 aliphatic carbocycles. The number of aromatic nitrogens is 1. The molecule has 1 aromatic heterocycles. The van der Waals surface area contributed by atoms with Gasteiger partial charge in [-0.15, -0.1) is 0 Å². The van der Waals surface area contributed by atoms with Gasteiger partial charge in [0.15, 0.2) is 0 Å². The SMILES string of the molecule is Cc1ccc(CN)cc1-c1cncc2ccccc12. The monoisotopic (exact) mass is 248 g/mol. The highest BCUT2D eigenvalue weighted by Gasteiger charge is 2.07. The van der Waals surface area contributed by atoms with Gasteiger partial charge in [0.2, 0.25) is 0 Å². The lowest BCUT2D eigenvalue weighted by Gasteiger charge is -2.10. The van der Waals surface area contributed by atoms with Crippen LogP contribution < -0.4 is 5.73 Å². The molecule has 2 nitrogen and oxygen atoms in total. The molecular weight excluding hydrogens is 232 g/mol. The van der Waals surface area contributed by atoms with Crippen molar-refractivity contribution in [2.45, 2.75) is 13.5 Å². The lowest BCUT2D eigenvalue weighted by Crippen LogP contribution is -1.97. The molecule has 19 heavy (non-hydrogen) atoms. The maximum Gasteiger partial charge on any atom is 0.0352 e. The minimum absolute atomic E-state index is 0.561. The maximum absolute atomic E-state index is 5.74. The fraction of sp³-hybridized carbons (Fsp3) is 0.118. The Morgan fingerprint density at radius 1 is 1.00 bits per heavy atom. The molecule has 2 N–H and O–H groups in total. The third kappa shape index (κ3) is 2.11. The fourth-order valence-electron chi connectivity index (χ4n) is 2.42. The summed E-state index contributed by atoms with van der Waals surface area (Å²) in [4.78, 5) is 4.35. The van der Waals surface area contributed by atoms with Gasteiger partial charge in [-0.3, -0.25) is 4.98 Å². The average molecular weight is 248 g/mol. The highest BCUT2D eigenvalue weighted by molar-refractivity contribution is 5.96. The first-order valence-corrected chi connectivity index (χ1v) is 6.42. The number of nitrogens with two attached hydrogens (primary N) is 1. The van der Waals surface area contributed by atoms with E-state index in [-0.39, 0.29) is 0 Å². The van der Waals surface area contributed by atoms with Crippen LogP contribution in [0.5, 0.6) is 0 Å². The lowest BCUT2D eigenvalue weighted by molar-refractivity contribution is 1.07. The Morgan fingerprint density at radius 3 is 2.68 bits per heavy atom. The van der Waals surface area contributed by atoms with Crippen molar-refractivity contribution in [3.63, 3.8) is 0 Å². The topological polar surface area (TPSA) is 38.9 Å². The summed E-state index contributed by atoms with van der Waals surface area (Å²) in [5, 5.41) is 2.40. The number of pyridine rings is 1. The zero-order chi connectivity index (χ0) is 13.2. The van der Waals surface area contributed by atoms with E-state index in [9.17, 15) is 0 Å². The van der Waals surface area contributed by atoms with E-state index in [1.807, 2.05) is 18.5 Å². The quantitative estimate of drug-likeness (QED) is 0.751. The van der Waals surface area contributed by atoms with Gasteiger partial charge in [-0.2, -0.15) is 0 Å². The van der Waals surface area contributed by atoms with Gasteiger partial charge < -0.3 is 5.73 Å². The standard InChI is InChI=1S/C17H16N2/c1-12-6-7-13(9-18)8-16(12)17-11-19-10-14-4-2-3-5-15(14)17/h2-8,10-11H,9,18H2,1H3. The Balaban J connectivity index is 2.30. The molecule has 0 unspecified atom stereocenters. The molecule has 0 fully saturated rings. The van der Waals surface area contributed by atoms with E-state index >= 15 is 0 Å². The van der Waals surface area contributed by atoms with Crippen molar-refractivity contribution in [2.75, 3.05) is 0 Å². The number of rotatable bonds is 2. The minimum Gasteiger partial charge on any atom is -0.326 e. The second kappa shape index (κ2) is 4.82. The highest BCUT2D eigenvalue weighted by Crippen LogP contribution is 2.30. The molecule has 0 amide bonds. The van der Waals surface area contributed by atoms with Crippen LogP contribution in [0.1, 0.15) is 11.1 Å². The zero-order valence-corrected chi connectivity index (χ0v) is 10.9. The first-order chi connectivity index (χ1) is 9.29. The molecule has 2 aromatic carbocycles. The van der Waals surface area contributed by atoms with Gasteiger partial charge in [0.25, 0.3) is 0 Å². The molecule has 0 spiro atoms. The Kier molecular flexibility index (Phi) is 3.02. The van der Waals surface area contributed by atoms with Crippen molar-refractivity contribution in [3.05, 3.63) is 66.0 Å². The molecule has 0 aliphatic rings. The summed E-state index contributed by atoms with van der Waals surface area (Å²) >= 11 is 0. The Hall–Kier alpha value is -2.19. The molecule has 3 rings (SSSR count). The summed E-state index contributed by atoms with van der Waals surface area (Å²) < 4.78 is 0. The van der Waals surface area contributed by atoms with Crippen LogP contribution in [0, 0.1) is 6.92 Å². The van der Waals surface area contributed by atoms with Crippen LogP contribution in [0.25, 0.3) is 21.9 Å². The van der Waals surface area contributed by atoms with E-state index in [0.29, 0.717) is 6.54 Å². The Bertz CT molecular complexity index is 727. The molecule has 2 heteroatoms. The molecule has 0 radical (unpaired) electrons. The summed E-state index contributed by atoms with van der Waals surface area (Å²) in [6.45, 7) is 2.68. The van der Waals surface area contributed by atoms with Gasteiger partial charge in [0.1, 0.15) is 0 Å². The van der Waals surface area contributed by atoms with Gasteiger partial charge in [0, 0.05) is 29.9 Å². The maximum atomic E-state index is 5.74. The first kappa shape index (κ1) is 11.9. The second-order valence-electron chi connectivity index (χ2n) is 4.76. The highest BCUT2D eigenvalue weighted by atomic mass is 14.6. The van der Waals surface area contributed by atoms with E-state index in [0.717, 1.165) is 10.9 Å². The summed E-state index contributed by atoms with van der Waals surface area (Å²) in [6, 6.07) is 14.7. The number of benzene rings is 2. The smallest absolute Gasteiger partial charge is 0.0352 e. The average Bonchev–Trinajstić information content (AvgIpc) is 2.47. The third-order valence-corrected chi connectivity index (χ3v) is 3.50. The summed E-state index contributed by atoms with van der Waals surface area (Å²) in [7, 11) is 0. The van der Waals surface area contributed by atoms with E-state index in [2.05, 4.69) is 48.3 Å². The molecule has 1 heterocycles. The van der Waals surface area contributed by atoms with Gasteiger partial charge in [-0.05, 0) is 35.1 Å². The molecular formula is C17H16N2. The van der Waals surface area contributed by atoms with Crippen molar-refractivity contribution in [2.24, 2.45) is 5.73 Å². The number of nitrogens with zero attached hydrogens (tertiary/aromatic N) is 1. The van der Waals surface area contributed by atoms with Crippen molar-refractivity contribution in [3.8, 4) is 11.1 Å². The number of aryl methyl sites for hydroxylation is 1. The minimum atomic E-state index is 0.561. The molecule has 0 atom stereocenters. The van der Waals surface area contributed by atoms with Gasteiger partial charge in [-0.1, -0.05) is 36.4 Å². The molecule has 0 aliphatic heterocycles. The van der Waals surface area contributed by atoms with Crippen LogP contribution in [0.2, 0.25) is 0 Å². The van der Waals surface area contributed by atoms with Crippen LogP contribution in [0.15, 0.2) is 54.9 Å². The normalized spacial score (nSPS) is 10.8. The number of fused-ring (bicyclic) bond motifs is 1. The molecule has 0 bridgehead atoms. The predicted molar refractivity (Wildman–Crippen MR) is 79.8 cm³/mol. The fourth-order valence-corrected chi connectivity index (χ4v) is 2.42. The second-order valence-corrected chi connectivity index (χ2v) is 4.76. The van der Waals surface area contributed by atoms with Gasteiger partial charge >= 0.3 is 0 Å². The molecule has 0 saturated heterocycles. The van der Waals surface area contributed by atoms with Crippen molar-refractivity contribution in [1.29, 1.82) is 0 Å². The third-order valence-electron chi connectivity index (χ3n) is 3.50. The van der Waals surface area contributed by atoms with Crippen LogP contribution in [-0.4, -0.2) is 4.98 Å². The summed E-state index contributed by atoms with van der Waals surface area (Å²) in [5.41, 5.74) is 10.5. The molecule has 94 valence electrons. The van der Waals surface area contributed by atoms with E-state index in [4.69, 9.17) is 5.73 Å². The molecule has 3 aromatic rings. The van der Waals surface area contributed by atoms with Crippen LogP contribution in [-0.2, 0) is 6.54 Å². The number of hydrogen-bond donors (Lipinski definition) is 1. The van der Waals surface area contributed by atoms with Crippen LogP contribution >= 0.6 is 0 Å². The van der Waals surface area contributed by atoms with Gasteiger partial charge in [-0.25, -0.2) is 0 Å². The number of hydrogen-bond acceptors (Lipinski definition) is 2. The van der Waals surface area contributed by atoms with E-state index in [1.54, 1.807) is 0 Å². The summed E-state index contributed by atoms with van der Waals surface area (Å²) in [6.07, 6.45) is 3.84. The van der Waals surface area contributed by atoms with Crippen LogP contribution in [0.3, 0.4) is 0 Å². The van der Waals surface area contributed by atoms with Crippen molar-refractivity contribution >= 4 is 10.8 Å². The Labute approximate surface area is 112 Å². The summed E-state index contributed by atoms with van der Waals surface area (Å²) in [5.74, 6) is 0. The first-order valence-electron chi connectivity index (χ1n) is 6.42. The van der Waals surface area contributed by atoms with E-state index < -0.39 is 0 Å². The van der Waals surface area contributed by atoms with Crippen molar-refractivity contribution in [1.82, 2.24) is 4.98 Å². The van der Waals surface area contributed by atoms with Crippen molar-refractivity contribution < 1.29 is 0 Å². The zero-order valence-electron chi connectivity index (χ0n) is 10.9. The van der Waals surface area contributed by atoms with Gasteiger partial charge in [0.05, 0.1) is 0 Å². The largest absolute Gasteiger partial charge is 0.326 e. The van der Waals surface area contributed by atoms with E-state index in [1.165, 1.54) is 22.1 Å². The Morgan fingerprint density at radius 2 is 1.84 bits per heavy atom. The van der Waals surface area contributed by atoms with Crippen LogP contribution in [0.4, 0.5) is 0 Å². The molecule has 0 saturated carbocycles. The lowest BCUT2D eigenvalue weighted by atomic mass is 9.95. The predicted octanol–water partition coefficient (Wildman–Crippen LogP) is 3.67.